The van der Waals surface area contributed by atoms with Crippen molar-refractivity contribution in [3.8, 4) is 11.3 Å². The second kappa shape index (κ2) is 11.5. The average Bonchev–Trinajstić information content (AvgIpc) is 3.52. The van der Waals surface area contributed by atoms with Crippen molar-refractivity contribution >= 4 is 63.1 Å². The minimum atomic E-state index is -0.702. The van der Waals surface area contributed by atoms with Crippen LogP contribution >= 0.6 is 22.9 Å². The molecule has 9 nitrogen and oxygen atoms in total. The third-order valence-electron chi connectivity index (χ3n) is 5.87. The largest absolute Gasteiger partial charge is 0.462 e. The molecule has 5 rings (SSSR count). The smallest absolute Gasteiger partial charge is 0.338 e. The highest BCUT2D eigenvalue weighted by Gasteiger charge is 2.39. The minimum Gasteiger partial charge on any atom is -0.462 e. The Hall–Kier alpha value is -4.80. The Balaban J connectivity index is 1.24. The maximum absolute atomic E-state index is 13.1. The van der Waals surface area contributed by atoms with Gasteiger partial charge in [0.1, 0.15) is 10.7 Å². The van der Waals surface area contributed by atoms with E-state index in [0.717, 1.165) is 16.2 Å². The van der Waals surface area contributed by atoms with Crippen LogP contribution in [0.4, 0.5) is 16.5 Å². The van der Waals surface area contributed by atoms with Crippen LogP contribution < -0.4 is 15.5 Å². The number of hydrogen-bond acceptors (Lipinski definition) is 8. The zero-order valence-electron chi connectivity index (χ0n) is 21.0. The predicted octanol–water partition coefficient (Wildman–Crippen LogP) is 5.67. The van der Waals surface area contributed by atoms with Crippen LogP contribution in [-0.4, -0.2) is 35.3 Å². The molecule has 0 saturated heterocycles. The zero-order chi connectivity index (χ0) is 28.2. The molecule has 4 aromatic rings. The second-order valence-electron chi connectivity index (χ2n) is 8.46. The molecule has 0 aliphatic carbocycles. The summed E-state index contributed by atoms with van der Waals surface area (Å²) >= 11 is 7.54. The lowest BCUT2D eigenvalue weighted by Crippen LogP contribution is -2.32. The predicted molar refractivity (Wildman–Crippen MR) is 153 cm³/mol. The van der Waals surface area contributed by atoms with Crippen LogP contribution in [0, 0.1) is 0 Å². The van der Waals surface area contributed by atoms with E-state index >= 15 is 0 Å². The fourth-order valence-electron chi connectivity index (χ4n) is 3.90. The molecule has 3 aromatic carbocycles. The number of carbonyl (C=O) groups is 4. The van der Waals surface area contributed by atoms with Crippen molar-refractivity contribution in [1.82, 2.24) is 4.98 Å². The number of nitrogens with one attached hydrogen (secondary N) is 2. The van der Waals surface area contributed by atoms with E-state index in [4.69, 9.17) is 16.3 Å². The summed E-state index contributed by atoms with van der Waals surface area (Å²) in [5.41, 5.74) is 2.99. The van der Waals surface area contributed by atoms with E-state index in [2.05, 4.69) is 15.6 Å². The molecule has 0 fully saturated rings. The molecule has 0 unspecified atom stereocenters. The van der Waals surface area contributed by atoms with Gasteiger partial charge < -0.3 is 10.1 Å². The van der Waals surface area contributed by atoms with E-state index in [1.807, 2.05) is 35.7 Å². The number of carbonyl (C=O) groups excluding carboxylic acids is 4. The van der Waals surface area contributed by atoms with Crippen molar-refractivity contribution in [3.05, 3.63) is 106 Å². The average molecular weight is 573 g/mol. The molecule has 1 aromatic heterocycles. The molecule has 0 saturated carbocycles. The highest BCUT2D eigenvalue weighted by Crippen LogP contribution is 2.31. The second-order valence-corrected chi connectivity index (χ2v) is 9.70. The summed E-state index contributed by atoms with van der Waals surface area (Å²) in [6.07, 6.45) is 0. The fourth-order valence-corrected chi connectivity index (χ4v) is 4.83. The van der Waals surface area contributed by atoms with Gasteiger partial charge in [-0.3, -0.25) is 19.7 Å². The zero-order valence-corrected chi connectivity index (χ0v) is 22.6. The lowest BCUT2D eigenvalue weighted by molar-refractivity contribution is -0.120. The van der Waals surface area contributed by atoms with Crippen LogP contribution in [0.2, 0.25) is 0 Å². The van der Waals surface area contributed by atoms with Gasteiger partial charge in [0.15, 0.2) is 5.13 Å². The first kappa shape index (κ1) is 26.8. The standard InChI is InChI=1S/C29H21ClN4O5S/c1-2-39-28(38)19-10-14-21(15-11-19)34-26(36)23(30)24(27(34)37)31-20-12-8-18(9-13-20)25(35)33-29-32-22(16-40-29)17-6-4-3-5-7-17/h3-16,31H,2H2,1H3,(H,32,33,35). The number of rotatable bonds is 8. The molecule has 0 radical (unpaired) electrons. The number of aromatic nitrogens is 1. The molecule has 3 amide bonds. The molecule has 0 spiro atoms. The Morgan fingerprint density at radius 1 is 0.925 bits per heavy atom. The Morgan fingerprint density at radius 3 is 2.27 bits per heavy atom. The highest BCUT2D eigenvalue weighted by atomic mass is 35.5. The van der Waals surface area contributed by atoms with E-state index in [9.17, 15) is 19.2 Å². The fraction of sp³-hybridized carbons (Fsp3) is 0.0690. The molecule has 11 heteroatoms. The maximum Gasteiger partial charge on any atom is 0.338 e. The summed E-state index contributed by atoms with van der Waals surface area (Å²) in [6.45, 7) is 1.92. The number of nitrogens with zero attached hydrogens (tertiary/aromatic N) is 2. The van der Waals surface area contributed by atoms with Crippen LogP contribution in [0.5, 0.6) is 0 Å². The summed E-state index contributed by atoms with van der Waals surface area (Å²) in [6, 6.07) is 21.8. The Bertz CT molecular complexity index is 1630. The van der Waals surface area contributed by atoms with Crippen molar-refractivity contribution in [1.29, 1.82) is 0 Å². The van der Waals surface area contributed by atoms with Gasteiger partial charge in [-0.2, -0.15) is 0 Å². The Labute approximate surface area is 238 Å². The summed E-state index contributed by atoms with van der Waals surface area (Å²) in [5, 5.41) is 7.72. The van der Waals surface area contributed by atoms with Gasteiger partial charge in [0, 0.05) is 22.2 Å². The number of thiazole rings is 1. The topological polar surface area (TPSA) is 118 Å². The van der Waals surface area contributed by atoms with Gasteiger partial charge in [0.2, 0.25) is 0 Å². The van der Waals surface area contributed by atoms with Crippen molar-refractivity contribution in [2.75, 3.05) is 22.1 Å². The third-order valence-corrected chi connectivity index (χ3v) is 6.98. The van der Waals surface area contributed by atoms with E-state index in [1.54, 1.807) is 31.2 Å². The quantitative estimate of drug-likeness (QED) is 0.206. The van der Waals surface area contributed by atoms with E-state index in [0.29, 0.717) is 16.4 Å². The number of amides is 3. The molecule has 200 valence electrons. The molecular formula is C29H21ClN4O5S. The molecular weight excluding hydrogens is 552 g/mol. The first-order valence-corrected chi connectivity index (χ1v) is 13.4. The van der Waals surface area contributed by atoms with Gasteiger partial charge in [-0.05, 0) is 55.5 Å². The monoisotopic (exact) mass is 572 g/mol. The van der Waals surface area contributed by atoms with Gasteiger partial charge in [0.05, 0.1) is 23.6 Å². The SMILES string of the molecule is CCOC(=O)c1ccc(N2C(=O)C(Cl)=C(Nc3ccc(C(=O)Nc4nc(-c5ccccc5)cs4)cc3)C2=O)cc1. The van der Waals surface area contributed by atoms with Gasteiger partial charge in [-0.15, -0.1) is 11.3 Å². The Kier molecular flexibility index (Phi) is 7.72. The van der Waals surface area contributed by atoms with Crippen molar-refractivity contribution in [2.24, 2.45) is 0 Å². The molecule has 2 N–H and O–H groups in total. The summed E-state index contributed by atoms with van der Waals surface area (Å²) < 4.78 is 4.95. The number of halogens is 1. The van der Waals surface area contributed by atoms with Crippen LogP contribution in [0.1, 0.15) is 27.6 Å². The number of esters is 1. The maximum atomic E-state index is 13.1. The number of benzene rings is 3. The van der Waals surface area contributed by atoms with E-state index < -0.39 is 17.8 Å². The van der Waals surface area contributed by atoms with Crippen molar-refractivity contribution in [2.45, 2.75) is 6.92 Å². The van der Waals surface area contributed by atoms with Crippen LogP contribution in [0.25, 0.3) is 11.3 Å². The summed E-state index contributed by atoms with van der Waals surface area (Å²) in [4.78, 5) is 55.9. The van der Waals surface area contributed by atoms with Crippen molar-refractivity contribution < 1.29 is 23.9 Å². The van der Waals surface area contributed by atoms with Gasteiger partial charge in [-0.1, -0.05) is 41.9 Å². The van der Waals surface area contributed by atoms with Gasteiger partial charge in [0.25, 0.3) is 17.7 Å². The summed E-state index contributed by atoms with van der Waals surface area (Å²) in [7, 11) is 0. The highest BCUT2D eigenvalue weighted by molar-refractivity contribution is 7.14. The Morgan fingerprint density at radius 2 is 1.60 bits per heavy atom. The molecule has 1 aliphatic heterocycles. The summed E-state index contributed by atoms with van der Waals surface area (Å²) in [5.74, 6) is -2.21. The van der Waals surface area contributed by atoms with Gasteiger partial charge in [-0.25, -0.2) is 14.7 Å². The van der Waals surface area contributed by atoms with Crippen LogP contribution in [0.3, 0.4) is 0 Å². The number of hydrogen-bond donors (Lipinski definition) is 2. The lowest BCUT2D eigenvalue weighted by atomic mass is 10.2. The first-order valence-electron chi connectivity index (χ1n) is 12.1. The van der Waals surface area contributed by atoms with Crippen molar-refractivity contribution in [3.63, 3.8) is 0 Å². The molecule has 0 atom stereocenters. The van der Waals surface area contributed by atoms with Crippen LogP contribution in [-0.2, 0) is 14.3 Å². The lowest BCUT2D eigenvalue weighted by Gasteiger charge is -2.15. The van der Waals surface area contributed by atoms with Crippen LogP contribution in [0.15, 0.2) is 95.0 Å². The molecule has 2 heterocycles. The van der Waals surface area contributed by atoms with E-state index in [-0.39, 0.29) is 34.5 Å². The third kappa shape index (κ3) is 5.49. The molecule has 1 aliphatic rings. The molecule has 0 bridgehead atoms. The first-order chi connectivity index (χ1) is 19.4. The van der Waals surface area contributed by atoms with Gasteiger partial charge >= 0.3 is 5.97 Å². The molecule has 40 heavy (non-hydrogen) atoms. The number of anilines is 3. The van der Waals surface area contributed by atoms with E-state index in [1.165, 1.54) is 35.6 Å². The minimum absolute atomic E-state index is 0.102. The normalized spacial score (nSPS) is 13.0. The number of ether oxygens (including phenoxy) is 1. The number of imide groups is 1.